The third kappa shape index (κ3) is 0.839. The van der Waals surface area contributed by atoms with E-state index in [2.05, 4.69) is 28.1 Å². The van der Waals surface area contributed by atoms with Crippen molar-refractivity contribution >= 4 is 12.6 Å². The molecule has 0 saturated carbocycles. The third-order valence-corrected chi connectivity index (χ3v) is 2.20. The minimum absolute atomic E-state index is 0.145. The maximum atomic E-state index is 4.32. The number of aromatic amines is 1. The zero-order valence-electron chi connectivity index (χ0n) is 5.46. The van der Waals surface area contributed by atoms with Gasteiger partial charge in [0.15, 0.2) is 0 Å². The van der Waals surface area contributed by atoms with Gasteiger partial charge in [0.2, 0.25) is 0 Å². The summed E-state index contributed by atoms with van der Waals surface area (Å²) in [5.74, 6) is 0. The molecule has 0 saturated heterocycles. The molecule has 0 bridgehead atoms. The molecule has 4 heteroatoms. The van der Waals surface area contributed by atoms with E-state index in [-0.39, 0.29) is 5.37 Å². The maximum absolute atomic E-state index is 4.32. The first-order valence-electron chi connectivity index (χ1n) is 3.31. The monoisotopic (exact) mass is 155 g/mol. The van der Waals surface area contributed by atoms with Crippen molar-refractivity contribution in [2.24, 2.45) is 0 Å². The summed E-state index contributed by atoms with van der Waals surface area (Å²) in [6, 6.07) is 0. The standard InChI is InChI=1S/C6H9N3S/c10-6-5-4(1-2-7-6)3-8-9-5/h3,6-7,10H,1-2H2,(H,8,9). The fourth-order valence-electron chi connectivity index (χ4n) is 1.20. The lowest BCUT2D eigenvalue weighted by Crippen LogP contribution is -2.25. The van der Waals surface area contributed by atoms with Gasteiger partial charge in [0.25, 0.3) is 0 Å². The lowest BCUT2D eigenvalue weighted by atomic mass is 10.1. The average Bonchev–Trinajstić information content (AvgIpc) is 2.36. The quantitative estimate of drug-likeness (QED) is 0.477. The zero-order valence-corrected chi connectivity index (χ0v) is 6.36. The van der Waals surface area contributed by atoms with Crippen LogP contribution in [0.1, 0.15) is 16.6 Å². The predicted molar refractivity (Wildman–Crippen MR) is 42.0 cm³/mol. The van der Waals surface area contributed by atoms with Crippen LogP contribution in [0.2, 0.25) is 0 Å². The van der Waals surface area contributed by atoms with E-state index in [1.807, 2.05) is 6.20 Å². The van der Waals surface area contributed by atoms with Gasteiger partial charge in [-0.05, 0) is 12.0 Å². The van der Waals surface area contributed by atoms with E-state index in [1.165, 1.54) is 5.56 Å². The number of hydrogen-bond acceptors (Lipinski definition) is 3. The van der Waals surface area contributed by atoms with Gasteiger partial charge in [0.1, 0.15) is 0 Å². The molecular weight excluding hydrogens is 146 g/mol. The second kappa shape index (κ2) is 2.29. The minimum atomic E-state index is 0.145. The molecule has 2 heterocycles. The number of thiol groups is 1. The van der Waals surface area contributed by atoms with Gasteiger partial charge in [-0.15, -0.1) is 0 Å². The fraction of sp³-hybridized carbons (Fsp3) is 0.500. The summed E-state index contributed by atoms with van der Waals surface area (Å²) in [5, 5.41) is 10.2. The van der Waals surface area contributed by atoms with Crippen LogP contribution in [-0.2, 0) is 6.42 Å². The molecule has 54 valence electrons. The minimum Gasteiger partial charge on any atom is -0.300 e. The summed E-state index contributed by atoms with van der Waals surface area (Å²) >= 11 is 4.32. The highest BCUT2D eigenvalue weighted by molar-refractivity contribution is 7.80. The normalized spacial score (nSPS) is 24.3. The van der Waals surface area contributed by atoms with E-state index in [0.717, 1.165) is 18.7 Å². The Labute approximate surface area is 64.6 Å². The molecule has 3 nitrogen and oxygen atoms in total. The second-order valence-corrected chi connectivity index (χ2v) is 2.93. The van der Waals surface area contributed by atoms with Crippen LogP contribution in [0.3, 0.4) is 0 Å². The van der Waals surface area contributed by atoms with Gasteiger partial charge in [0, 0.05) is 6.54 Å². The van der Waals surface area contributed by atoms with E-state index >= 15 is 0 Å². The van der Waals surface area contributed by atoms with E-state index in [9.17, 15) is 0 Å². The van der Waals surface area contributed by atoms with Crippen molar-refractivity contribution in [2.75, 3.05) is 6.54 Å². The number of nitrogens with zero attached hydrogens (tertiary/aromatic N) is 1. The number of H-pyrrole nitrogens is 1. The highest BCUT2D eigenvalue weighted by atomic mass is 32.1. The van der Waals surface area contributed by atoms with E-state index < -0.39 is 0 Å². The SMILES string of the molecule is SC1NCCc2cn[nH]c21. The van der Waals surface area contributed by atoms with E-state index in [0.29, 0.717) is 0 Å². The molecule has 0 aliphatic carbocycles. The molecular formula is C6H9N3S. The highest BCUT2D eigenvalue weighted by Crippen LogP contribution is 2.21. The Kier molecular flexibility index (Phi) is 1.43. The number of rotatable bonds is 0. The summed E-state index contributed by atoms with van der Waals surface area (Å²) in [7, 11) is 0. The molecule has 2 rings (SSSR count). The third-order valence-electron chi connectivity index (χ3n) is 1.76. The fourth-order valence-corrected chi connectivity index (χ4v) is 1.56. The largest absolute Gasteiger partial charge is 0.300 e. The maximum Gasteiger partial charge on any atom is 0.0930 e. The summed E-state index contributed by atoms with van der Waals surface area (Å²) < 4.78 is 0. The van der Waals surface area contributed by atoms with Gasteiger partial charge in [-0.2, -0.15) is 17.7 Å². The molecule has 1 atom stereocenters. The van der Waals surface area contributed by atoms with Crippen LogP contribution in [0.15, 0.2) is 6.20 Å². The highest BCUT2D eigenvalue weighted by Gasteiger charge is 2.17. The molecule has 1 aromatic rings. The van der Waals surface area contributed by atoms with Gasteiger partial charge in [0.05, 0.1) is 17.3 Å². The van der Waals surface area contributed by atoms with Gasteiger partial charge in [-0.3, -0.25) is 5.10 Å². The van der Waals surface area contributed by atoms with Gasteiger partial charge in [-0.1, -0.05) is 0 Å². The van der Waals surface area contributed by atoms with Crippen LogP contribution in [0.25, 0.3) is 0 Å². The van der Waals surface area contributed by atoms with Crippen molar-refractivity contribution < 1.29 is 0 Å². The van der Waals surface area contributed by atoms with Crippen LogP contribution < -0.4 is 5.32 Å². The van der Waals surface area contributed by atoms with Crippen molar-refractivity contribution in [1.29, 1.82) is 0 Å². The molecule has 10 heavy (non-hydrogen) atoms. The number of aromatic nitrogens is 2. The molecule has 2 N–H and O–H groups in total. The van der Waals surface area contributed by atoms with Crippen LogP contribution in [0.4, 0.5) is 0 Å². The molecule has 0 amide bonds. The molecule has 0 aromatic carbocycles. The van der Waals surface area contributed by atoms with Crippen LogP contribution >= 0.6 is 12.6 Å². The molecule has 0 spiro atoms. The zero-order chi connectivity index (χ0) is 6.97. The van der Waals surface area contributed by atoms with Crippen molar-refractivity contribution in [3.8, 4) is 0 Å². The Bertz CT molecular complexity index is 233. The summed E-state index contributed by atoms with van der Waals surface area (Å²) in [6.45, 7) is 1.00. The van der Waals surface area contributed by atoms with Crippen molar-refractivity contribution in [3.05, 3.63) is 17.5 Å². The number of nitrogens with one attached hydrogen (secondary N) is 2. The van der Waals surface area contributed by atoms with Gasteiger partial charge >= 0.3 is 0 Å². The van der Waals surface area contributed by atoms with Crippen molar-refractivity contribution in [1.82, 2.24) is 15.5 Å². The lowest BCUT2D eigenvalue weighted by molar-refractivity contribution is 0.622. The molecule has 1 aliphatic heterocycles. The van der Waals surface area contributed by atoms with Gasteiger partial charge in [-0.25, -0.2) is 0 Å². The van der Waals surface area contributed by atoms with Crippen molar-refractivity contribution in [3.63, 3.8) is 0 Å². The van der Waals surface area contributed by atoms with Crippen LogP contribution in [0.5, 0.6) is 0 Å². The Morgan fingerprint density at radius 3 is 3.40 bits per heavy atom. The Morgan fingerprint density at radius 1 is 1.70 bits per heavy atom. The smallest absolute Gasteiger partial charge is 0.0930 e. The van der Waals surface area contributed by atoms with Crippen LogP contribution in [0, 0.1) is 0 Å². The number of hydrogen-bond donors (Lipinski definition) is 3. The van der Waals surface area contributed by atoms with Crippen molar-refractivity contribution in [2.45, 2.75) is 11.8 Å². The Hall–Kier alpha value is -0.480. The molecule has 0 fully saturated rings. The Morgan fingerprint density at radius 2 is 2.60 bits per heavy atom. The van der Waals surface area contributed by atoms with Crippen LogP contribution in [-0.4, -0.2) is 16.7 Å². The van der Waals surface area contributed by atoms with E-state index in [1.54, 1.807) is 0 Å². The Balaban J connectivity index is 2.41. The molecule has 1 unspecified atom stereocenters. The summed E-state index contributed by atoms with van der Waals surface area (Å²) in [5.41, 5.74) is 2.41. The first kappa shape index (κ1) is 6.24. The molecule has 1 aliphatic rings. The first-order chi connectivity index (χ1) is 4.88. The number of fused-ring (bicyclic) bond motifs is 1. The molecule has 0 radical (unpaired) electrons. The topological polar surface area (TPSA) is 40.7 Å². The molecule has 1 aromatic heterocycles. The predicted octanol–water partition coefficient (Wildman–Crippen LogP) is 0.484. The summed E-state index contributed by atoms with van der Waals surface area (Å²) in [6.07, 6.45) is 2.93. The van der Waals surface area contributed by atoms with E-state index in [4.69, 9.17) is 0 Å². The second-order valence-electron chi connectivity index (χ2n) is 2.42. The summed E-state index contributed by atoms with van der Waals surface area (Å²) in [4.78, 5) is 0. The lowest BCUT2D eigenvalue weighted by Gasteiger charge is -2.17. The first-order valence-corrected chi connectivity index (χ1v) is 3.83. The van der Waals surface area contributed by atoms with Gasteiger partial charge < -0.3 is 5.32 Å². The average molecular weight is 155 g/mol.